The smallest absolute Gasteiger partial charge is 0.261 e. The van der Waals surface area contributed by atoms with Crippen molar-refractivity contribution in [1.29, 1.82) is 0 Å². The number of halogens is 1. The molecule has 0 fully saturated rings. The van der Waals surface area contributed by atoms with Gasteiger partial charge in [-0.15, -0.1) is 0 Å². The Kier molecular flexibility index (Phi) is 5.11. The molecule has 2 aromatic rings. The molecular weight excluding hydrogens is 309 g/mol. The van der Waals surface area contributed by atoms with Crippen LogP contribution in [0, 0.1) is 5.82 Å². The van der Waals surface area contributed by atoms with Crippen molar-refractivity contribution in [2.45, 2.75) is 24.9 Å². The molecule has 1 aliphatic rings. The monoisotopic (exact) mass is 329 g/mol. The fraction of sp³-hybridized carbons (Fsp3) is 0.316. The molecule has 1 heterocycles. The van der Waals surface area contributed by atoms with E-state index in [0.29, 0.717) is 30.7 Å². The summed E-state index contributed by atoms with van der Waals surface area (Å²) in [6, 6.07) is 14.1. The molecule has 5 heteroatoms. The van der Waals surface area contributed by atoms with Gasteiger partial charge in [-0.25, -0.2) is 4.39 Å². The minimum Gasteiger partial charge on any atom is -0.480 e. The lowest BCUT2D eigenvalue weighted by Gasteiger charge is -2.18. The number of nitrogens with one attached hydrogen (secondary N) is 1. The van der Waals surface area contributed by atoms with Crippen LogP contribution < -0.4 is 10.1 Å². The van der Waals surface area contributed by atoms with Gasteiger partial charge in [0.25, 0.3) is 5.91 Å². The Morgan fingerprint density at radius 2 is 2.08 bits per heavy atom. The molecule has 2 atom stereocenters. The molecule has 3 rings (SSSR count). The lowest BCUT2D eigenvalue weighted by Crippen LogP contribution is -2.39. The van der Waals surface area contributed by atoms with E-state index in [1.807, 2.05) is 30.3 Å². The van der Waals surface area contributed by atoms with Gasteiger partial charge in [-0.05, 0) is 30.2 Å². The average molecular weight is 329 g/mol. The third-order valence-corrected chi connectivity index (χ3v) is 4.26. The van der Waals surface area contributed by atoms with Crippen LogP contribution in [-0.4, -0.2) is 30.3 Å². The van der Waals surface area contributed by atoms with Crippen LogP contribution in [0.25, 0.3) is 0 Å². The number of carbonyl (C=O) groups is 1. The molecule has 24 heavy (non-hydrogen) atoms. The first-order valence-corrected chi connectivity index (χ1v) is 8.06. The largest absolute Gasteiger partial charge is 0.480 e. The molecule has 126 valence electrons. The van der Waals surface area contributed by atoms with E-state index in [1.54, 1.807) is 6.07 Å². The van der Waals surface area contributed by atoms with Crippen LogP contribution >= 0.6 is 0 Å². The zero-order valence-electron chi connectivity index (χ0n) is 13.2. The topological polar surface area (TPSA) is 58.6 Å². The second-order valence-corrected chi connectivity index (χ2v) is 5.93. The van der Waals surface area contributed by atoms with Crippen molar-refractivity contribution in [3.8, 4) is 5.75 Å². The number of benzene rings is 2. The molecule has 0 saturated carbocycles. The van der Waals surface area contributed by atoms with Crippen LogP contribution in [0.15, 0.2) is 48.5 Å². The quantitative estimate of drug-likeness (QED) is 0.856. The molecule has 2 aromatic carbocycles. The molecule has 4 nitrogen and oxygen atoms in total. The number of hydrogen-bond donors (Lipinski definition) is 2. The lowest BCUT2D eigenvalue weighted by molar-refractivity contribution is -0.127. The van der Waals surface area contributed by atoms with Crippen molar-refractivity contribution in [2.24, 2.45) is 0 Å². The van der Waals surface area contributed by atoms with Crippen molar-refractivity contribution < 1.29 is 19.0 Å². The zero-order chi connectivity index (χ0) is 16.9. The SMILES string of the molecule is O=C(NCC(CCO)c1ccccc1)C1Cc2cc(F)ccc2O1. The summed E-state index contributed by atoms with van der Waals surface area (Å²) in [5, 5.41) is 12.1. The first kappa shape index (κ1) is 16.5. The van der Waals surface area contributed by atoms with Crippen molar-refractivity contribution in [3.05, 3.63) is 65.5 Å². The van der Waals surface area contributed by atoms with E-state index < -0.39 is 6.10 Å². The third kappa shape index (κ3) is 3.74. The Bertz CT molecular complexity index is 705. The molecule has 1 amide bonds. The summed E-state index contributed by atoms with van der Waals surface area (Å²) >= 11 is 0. The molecular formula is C19H20FNO3. The van der Waals surface area contributed by atoms with Crippen molar-refractivity contribution in [1.82, 2.24) is 5.32 Å². The summed E-state index contributed by atoms with van der Waals surface area (Å²) in [5.74, 6) is 0.0591. The number of aliphatic hydroxyl groups excluding tert-OH is 1. The maximum atomic E-state index is 13.2. The number of hydrogen-bond acceptors (Lipinski definition) is 3. The van der Waals surface area contributed by atoms with Crippen molar-refractivity contribution in [2.75, 3.05) is 13.2 Å². The van der Waals surface area contributed by atoms with Gasteiger partial charge in [0.1, 0.15) is 11.6 Å². The molecule has 2 unspecified atom stereocenters. The highest BCUT2D eigenvalue weighted by Gasteiger charge is 2.29. The van der Waals surface area contributed by atoms with E-state index in [4.69, 9.17) is 4.74 Å². The summed E-state index contributed by atoms with van der Waals surface area (Å²) in [6.45, 7) is 0.480. The normalized spacial score (nSPS) is 17.0. The molecule has 2 N–H and O–H groups in total. The van der Waals surface area contributed by atoms with Gasteiger partial charge in [0.15, 0.2) is 6.10 Å². The summed E-state index contributed by atoms with van der Waals surface area (Å²) in [7, 11) is 0. The van der Waals surface area contributed by atoms with Crippen LogP contribution in [0.2, 0.25) is 0 Å². The molecule has 1 aliphatic heterocycles. The fourth-order valence-electron chi connectivity index (χ4n) is 2.97. The van der Waals surface area contributed by atoms with E-state index in [-0.39, 0.29) is 24.2 Å². The molecule has 0 bridgehead atoms. The predicted molar refractivity (Wildman–Crippen MR) is 88.4 cm³/mol. The maximum absolute atomic E-state index is 13.2. The first-order chi connectivity index (χ1) is 11.7. The number of fused-ring (bicyclic) bond motifs is 1. The van der Waals surface area contributed by atoms with E-state index in [2.05, 4.69) is 5.32 Å². The number of rotatable bonds is 6. The second kappa shape index (κ2) is 7.45. The lowest BCUT2D eigenvalue weighted by atomic mass is 9.96. The summed E-state index contributed by atoms with van der Waals surface area (Å²) < 4.78 is 18.8. The number of aliphatic hydroxyl groups is 1. The first-order valence-electron chi connectivity index (χ1n) is 8.06. The Morgan fingerprint density at radius 1 is 1.29 bits per heavy atom. The summed E-state index contributed by atoms with van der Waals surface area (Å²) in [4.78, 5) is 12.3. The van der Waals surface area contributed by atoms with Crippen molar-refractivity contribution >= 4 is 5.91 Å². The Balaban J connectivity index is 1.59. The number of amides is 1. The van der Waals surface area contributed by atoms with Gasteiger partial charge in [0, 0.05) is 31.1 Å². The van der Waals surface area contributed by atoms with Crippen LogP contribution in [0.4, 0.5) is 4.39 Å². The molecule has 0 aliphatic carbocycles. The highest BCUT2D eigenvalue weighted by Crippen LogP contribution is 2.29. The molecule has 0 radical (unpaired) electrons. The zero-order valence-corrected chi connectivity index (χ0v) is 13.2. The average Bonchev–Trinajstić information content (AvgIpc) is 3.02. The van der Waals surface area contributed by atoms with Gasteiger partial charge in [-0.3, -0.25) is 4.79 Å². The Labute approximate surface area is 140 Å². The molecule has 0 saturated heterocycles. The van der Waals surface area contributed by atoms with Crippen LogP contribution in [0.1, 0.15) is 23.5 Å². The molecule has 0 spiro atoms. The second-order valence-electron chi connectivity index (χ2n) is 5.93. The van der Waals surface area contributed by atoms with Gasteiger partial charge in [-0.2, -0.15) is 0 Å². The van der Waals surface area contributed by atoms with E-state index in [0.717, 1.165) is 5.56 Å². The van der Waals surface area contributed by atoms with Gasteiger partial charge in [0.05, 0.1) is 0 Å². The van der Waals surface area contributed by atoms with Crippen LogP contribution in [0.5, 0.6) is 5.75 Å². The van der Waals surface area contributed by atoms with Gasteiger partial charge in [-0.1, -0.05) is 30.3 Å². The molecule has 0 aromatic heterocycles. The van der Waals surface area contributed by atoms with Gasteiger partial charge >= 0.3 is 0 Å². The Morgan fingerprint density at radius 3 is 2.83 bits per heavy atom. The van der Waals surface area contributed by atoms with E-state index in [9.17, 15) is 14.3 Å². The number of ether oxygens (including phenoxy) is 1. The van der Waals surface area contributed by atoms with Crippen LogP contribution in [-0.2, 0) is 11.2 Å². The van der Waals surface area contributed by atoms with Gasteiger partial charge < -0.3 is 15.2 Å². The predicted octanol–water partition coefficient (Wildman–Crippen LogP) is 2.41. The standard InChI is InChI=1S/C19H20FNO3/c20-16-6-7-17-15(10-16)11-18(24-17)19(23)21-12-14(8-9-22)13-4-2-1-3-5-13/h1-7,10,14,18,22H,8-9,11-12H2,(H,21,23). The summed E-state index contributed by atoms with van der Waals surface area (Å²) in [5.41, 5.74) is 1.79. The third-order valence-electron chi connectivity index (χ3n) is 4.26. The highest BCUT2D eigenvalue weighted by molar-refractivity contribution is 5.82. The fourth-order valence-corrected chi connectivity index (χ4v) is 2.97. The number of carbonyl (C=O) groups excluding carboxylic acids is 1. The van der Waals surface area contributed by atoms with E-state index in [1.165, 1.54) is 12.1 Å². The minimum absolute atomic E-state index is 0.0429. The van der Waals surface area contributed by atoms with E-state index >= 15 is 0 Å². The summed E-state index contributed by atoms with van der Waals surface area (Å²) in [6.07, 6.45) is 0.309. The Hall–Kier alpha value is -2.40. The van der Waals surface area contributed by atoms with Crippen LogP contribution in [0.3, 0.4) is 0 Å². The highest BCUT2D eigenvalue weighted by atomic mass is 19.1. The van der Waals surface area contributed by atoms with Crippen molar-refractivity contribution in [3.63, 3.8) is 0 Å². The van der Waals surface area contributed by atoms with Gasteiger partial charge in [0.2, 0.25) is 0 Å². The maximum Gasteiger partial charge on any atom is 0.261 e. The minimum atomic E-state index is -0.632.